The van der Waals surface area contributed by atoms with Crippen molar-refractivity contribution in [3.8, 4) is 0 Å². The van der Waals surface area contributed by atoms with Gasteiger partial charge in [-0.25, -0.2) is 4.98 Å². The molecule has 1 aromatic heterocycles. The highest BCUT2D eigenvalue weighted by Gasteiger charge is 2.29. The molecule has 2 N–H and O–H groups in total. The lowest BCUT2D eigenvalue weighted by Crippen LogP contribution is -2.13. The van der Waals surface area contributed by atoms with Crippen molar-refractivity contribution in [2.45, 2.75) is 31.7 Å². The van der Waals surface area contributed by atoms with Gasteiger partial charge in [0.15, 0.2) is 0 Å². The summed E-state index contributed by atoms with van der Waals surface area (Å²) in [4.78, 5) is 5.21. The molecule has 19 heavy (non-hydrogen) atoms. The van der Waals surface area contributed by atoms with Crippen LogP contribution in [0.2, 0.25) is 10.0 Å². The Morgan fingerprint density at radius 2 is 2.05 bits per heavy atom. The SMILES string of the molecule is NC(=S)CCn1c(C2CC2)nc2cc(Cl)c(Cl)cc21. The molecule has 0 saturated heterocycles. The van der Waals surface area contributed by atoms with E-state index in [1.165, 1.54) is 12.8 Å². The van der Waals surface area contributed by atoms with Crippen molar-refractivity contribution in [1.29, 1.82) is 0 Å². The average molecular weight is 314 g/mol. The van der Waals surface area contributed by atoms with Crippen LogP contribution in [0.3, 0.4) is 0 Å². The standard InChI is InChI=1S/C13H13Cl2N3S/c14-8-5-10-11(6-9(8)15)18(4-3-12(16)19)13(17-10)7-1-2-7/h5-7H,1-4H2,(H2,16,19). The normalized spacial score (nSPS) is 15.1. The van der Waals surface area contributed by atoms with Crippen LogP contribution in [0, 0.1) is 0 Å². The fraction of sp³-hybridized carbons (Fsp3) is 0.385. The number of imidazole rings is 1. The van der Waals surface area contributed by atoms with Gasteiger partial charge in [0.1, 0.15) is 5.82 Å². The van der Waals surface area contributed by atoms with E-state index in [0.717, 1.165) is 23.4 Å². The van der Waals surface area contributed by atoms with E-state index >= 15 is 0 Å². The fourth-order valence-corrected chi connectivity index (χ4v) is 2.66. The van der Waals surface area contributed by atoms with E-state index < -0.39 is 0 Å². The molecule has 0 aliphatic heterocycles. The summed E-state index contributed by atoms with van der Waals surface area (Å²) >= 11 is 17.1. The summed E-state index contributed by atoms with van der Waals surface area (Å²) in [7, 11) is 0. The van der Waals surface area contributed by atoms with Crippen LogP contribution in [0.5, 0.6) is 0 Å². The van der Waals surface area contributed by atoms with E-state index in [-0.39, 0.29) is 0 Å². The number of nitrogens with zero attached hydrogens (tertiary/aromatic N) is 2. The minimum absolute atomic E-state index is 0.517. The highest BCUT2D eigenvalue weighted by atomic mass is 35.5. The smallest absolute Gasteiger partial charge is 0.113 e. The molecule has 0 atom stereocenters. The van der Waals surface area contributed by atoms with Gasteiger partial charge in [0.2, 0.25) is 0 Å². The number of thiocarbonyl (C=S) groups is 1. The van der Waals surface area contributed by atoms with Crippen molar-refractivity contribution in [3.63, 3.8) is 0 Å². The zero-order valence-electron chi connectivity index (χ0n) is 10.2. The lowest BCUT2D eigenvalue weighted by atomic mass is 10.3. The van der Waals surface area contributed by atoms with Crippen molar-refractivity contribution >= 4 is 51.4 Å². The summed E-state index contributed by atoms with van der Waals surface area (Å²) in [5.74, 6) is 1.65. The Morgan fingerprint density at radius 1 is 1.37 bits per heavy atom. The summed E-state index contributed by atoms with van der Waals surface area (Å²) in [5.41, 5.74) is 7.49. The van der Waals surface area contributed by atoms with Crippen molar-refractivity contribution < 1.29 is 0 Å². The largest absolute Gasteiger partial charge is 0.393 e. The minimum Gasteiger partial charge on any atom is -0.393 e. The zero-order chi connectivity index (χ0) is 13.6. The number of hydrogen-bond donors (Lipinski definition) is 1. The molecule has 1 aliphatic carbocycles. The number of nitrogens with two attached hydrogens (primary N) is 1. The molecular formula is C13H13Cl2N3S. The van der Waals surface area contributed by atoms with Crippen LogP contribution in [0.1, 0.15) is 31.0 Å². The van der Waals surface area contributed by atoms with Crippen molar-refractivity contribution in [2.75, 3.05) is 0 Å². The summed E-state index contributed by atoms with van der Waals surface area (Å²) in [6.07, 6.45) is 3.05. The summed E-state index contributed by atoms with van der Waals surface area (Å²) < 4.78 is 2.17. The molecular weight excluding hydrogens is 301 g/mol. The molecule has 3 rings (SSSR count). The molecule has 0 unspecified atom stereocenters. The summed E-state index contributed by atoms with van der Waals surface area (Å²) in [6, 6.07) is 3.69. The lowest BCUT2D eigenvalue weighted by Gasteiger charge is -2.08. The van der Waals surface area contributed by atoms with Gasteiger partial charge in [-0.3, -0.25) is 0 Å². The van der Waals surface area contributed by atoms with Crippen LogP contribution in [0.25, 0.3) is 11.0 Å². The molecule has 2 aromatic rings. The third-order valence-electron chi connectivity index (χ3n) is 3.34. The Morgan fingerprint density at radius 3 is 2.68 bits per heavy atom. The Bertz CT molecular complexity index is 661. The monoisotopic (exact) mass is 313 g/mol. The predicted octanol–water partition coefficient (Wildman–Crippen LogP) is 3.90. The van der Waals surface area contributed by atoms with Gasteiger partial charge in [-0.2, -0.15) is 0 Å². The molecule has 1 fully saturated rings. The van der Waals surface area contributed by atoms with Gasteiger partial charge < -0.3 is 10.3 Å². The Balaban J connectivity index is 2.11. The fourth-order valence-electron chi connectivity index (χ4n) is 2.25. The Hall–Kier alpha value is -0.840. The maximum Gasteiger partial charge on any atom is 0.113 e. The predicted molar refractivity (Wildman–Crippen MR) is 83.1 cm³/mol. The van der Waals surface area contributed by atoms with Gasteiger partial charge in [0.25, 0.3) is 0 Å². The van der Waals surface area contributed by atoms with Crippen LogP contribution >= 0.6 is 35.4 Å². The molecule has 1 heterocycles. The maximum absolute atomic E-state index is 6.10. The van der Waals surface area contributed by atoms with Crippen molar-refractivity contribution in [3.05, 3.63) is 28.0 Å². The maximum atomic E-state index is 6.10. The summed E-state index contributed by atoms with van der Waals surface area (Å²) in [6.45, 7) is 0.746. The number of rotatable bonds is 4. The van der Waals surface area contributed by atoms with Gasteiger partial charge in [0.05, 0.1) is 26.1 Å². The Labute approximate surface area is 126 Å². The zero-order valence-corrected chi connectivity index (χ0v) is 12.5. The molecule has 1 aliphatic rings. The molecule has 100 valence electrons. The molecule has 0 amide bonds. The molecule has 0 radical (unpaired) electrons. The van der Waals surface area contributed by atoms with Gasteiger partial charge >= 0.3 is 0 Å². The second-order valence-corrected chi connectivity index (χ2v) is 6.21. The topological polar surface area (TPSA) is 43.8 Å². The van der Waals surface area contributed by atoms with E-state index in [2.05, 4.69) is 4.57 Å². The number of benzene rings is 1. The molecule has 1 saturated carbocycles. The second kappa shape index (κ2) is 4.93. The van der Waals surface area contributed by atoms with Gasteiger partial charge in [-0.15, -0.1) is 0 Å². The lowest BCUT2D eigenvalue weighted by molar-refractivity contribution is 0.693. The highest BCUT2D eigenvalue weighted by molar-refractivity contribution is 7.80. The number of hydrogen-bond acceptors (Lipinski definition) is 2. The number of aryl methyl sites for hydroxylation is 1. The van der Waals surface area contributed by atoms with Gasteiger partial charge in [-0.05, 0) is 25.0 Å². The molecule has 0 bridgehead atoms. The van der Waals surface area contributed by atoms with Crippen LogP contribution in [-0.4, -0.2) is 14.5 Å². The summed E-state index contributed by atoms with van der Waals surface area (Å²) in [5, 5.41) is 1.09. The van der Waals surface area contributed by atoms with Crippen molar-refractivity contribution in [1.82, 2.24) is 9.55 Å². The van der Waals surface area contributed by atoms with E-state index in [9.17, 15) is 0 Å². The number of halogens is 2. The van der Waals surface area contributed by atoms with Gasteiger partial charge in [-0.1, -0.05) is 35.4 Å². The first kappa shape index (κ1) is 13.2. The highest BCUT2D eigenvalue weighted by Crippen LogP contribution is 2.41. The Kier molecular flexibility index (Phi) is 3.41. The minimum atomic E-state index is 0.517. The number of aromatic nitrogens is 2. The number of fused-ring (bicyclic) bond motifs is 1. The van der Waals surface area contributed by atoms with Crippen molar-refractivity contribution in [2.24, 2.45) is 5.73 Å². The van der Waals surface area contributed by atoms with Crippen LogP contribution in [-0.2, 0) is 6.54 Å². The molecule has 3 nitrogen and oxygen atoms in total. The van der Waals surface area contributed by atoms with Gasteiger partial charge in [0, 0.05) is 18.9 Å². The third-order valence-corrected chi connectivity index (χ3v) is 4.27. The second-order valence-electron chi connectivity index (χ2n) is 4.87. The van der Waals surface area contributed by atoms with E-state index in [0.29, 0.717) is 27.4 Å². The van der Waals surface area contributed by atoms with E-state index in [4.69, 9.17) is 46.1 Å². The van der Waals surface area contributed by atoms with Crippen LogP contribution < -0.4 is 5.73 Å². The quantitative estimate of drug-likeness (QED) is 0.871. The first-order valence-corrected chi connectivity index (χ1v) is 7.36. The molecule has 0 spiro atoms. The molecule has 1 aromatic carbocycles. The van der Waals surface area contributed by atoms with Crippen LogP contribution in [0.15, 0.2) is 12.1 Å². The van der Waals surface area contributed by atoms with E-state index in [1.54, 1.807) is 0 Å². The first-order valence-electron chi connectivity index (χ1n) is 6.19. The van der Waals surface area contributed by atoms with Crippen LogP contribution in [0.4, 0.5) is 0 Å². The van der Waals surface area contributed by atoms with E-state index in [1.807, 2.05) is 12.1 Å². The third kappa shape index (κ3) is 2.57. The molecule has 6 heteroatoms. The first-order chi connectivity index (χ1) is 9.06. The average Bonchev–Trinajstić information content (AvgIpc) is 3.12.